The van der Waals surface area contributed by atoms with Crippen molar-refractivity contribution in [2.75, 3.05) is 19.6 Å². The van der Waals surface area contributed by atoms with Gasteiger partial charge in [0.2, 0.25) is 5.91 Å². The number of aromatic amines is 1. The minimum absolute atomic E-state index is 0.0331. The fourth-order valence-corrected chi connectivity index (χ4v) is 4.26. The minimum atomic E-state index is -0.356. The maximum atomic E-state index is 13.1. The summed E-state index contributed by atoms with van der Waals surface area (Å²) in [6.45, 7) is 10.9. The van der Waals surface area contributed by atoms with Crippen molar-refractivity contribution in [3.63, 3.8) is 0 Å². The Hall–Kier alpha value is -2.29. The molecule has 27 heavy (non-hydrogen) atoms. The summed E-state index contributed by atoms with van der Waals surface area (Å²) >= 11 is 1.42. The molecule has 0 radical (unpaired) electrons. The third-order valence-electron chi connectivity index (χ3n) is 4.67. The standard InChI is InChI=1S/C18H26N6O2S/c1-10(2)17(25)24-8-6-7-23(9-14(24)16-20-12(4)21-22-16)18(26)15-11(3)19-13(5)27-15/h10,14H,6-9H2,1-5H3,(H,20,21,22). The number of thiazole rings is 1. The van der Waals surface area contributed by atoms with Crippen LogP contribution in [0.4, 0.5) is 0 Å². The summed E-state index contributed by atoms with van der Waals surface area (Å²) in [5, 5.41) is 8.01. The number of rotatable bonds is 3. The molecule has 0 saturated carbocycles. The Kier molecular flexibility index (Phi) is 5.59. The predicted octanol–water partition coefficient (Wildman–Crippen LogP) is 2.26. The number of aryl methyl sites for hydroxylation is 3. The van der Waals surface area contributed by atoms with Crippen molar-refractivity contribution in [1.82, 2.24) is 30.0 Å². The van der Waals surface area contributed by atoms with E-state index in [0.29, 0.717) is 36.2 Å². The lowest BCUT2D eigenvalue weighted by Crippen LogP contribution is -2.42. The minimum Gasteiger partial charge on any atom is -0.335 e. The molecule has 1 unspecified atom stereocenters. The van der Waals surface area contributed by atoms with Crippen LogP contribution >= 0.6 is 11.3 Å². The third-order valence-corrected chi connectivity index (χ3v) is 5.73. The Labute approximate surface area is 163 Å². The highest BCUT2D eigenvalue weighted by atomic mass is 32.1. The van der Waals surface area contributed by atoms with E-state index in [-0.39, 0.29) is 23.8 Å². The van der Waals surface area contributed by atoms with E-state index in [9.17, 15) is 9.59 Å². The number of hydrogen-bond donors (Lipinski definition) is 1. The molecule has 8 nitrogen and oxygen atoms in total. The van der Waals surface area contributed by atoms with Gasteiger partial charge in [0.25, 0.3) is 5.91 Å². The molecule has 0 bridgehead atoms. The first kappa shape index (κ1) is 19.5. The molecule has 1 atom stereocenters. The van der Waals surface area contributed by atoms with Gasteiger partial charge in [0, 0.05) is 25.6 Å². The van der Waals surface area contributed by atoms with Crippen molar-refractivity contribution in [3.8, 4) is 0 Å². The van der Waals surface area contributed by atoms with Crippen LogP contribution in [0, 0.1) is 26.7 Å². The van der Waals surface area contributed by atoms with Crippen LogP contribution in [0.5, 0.6) is 0 Å². The van der Waals surface area contributed by atoms with Gasteiger partial charge in [0.1, 0.15) is 16.7 Å². The van der Waals surface area contributed by atoms with Crippen LogP contribution in [0.2, 0.25) is 0 Å². The van der Waals surface area contributed by atoms with Gasteiger partial charge in [-0.3, -0.25) is 14.7 Å². The number of carbonyl (C=O) groups excluding carboxylic acids is 2. The maximum Gasteiger partial charge on any atom is 0.265 e. The van der Waals surface area contributed by atoms with E-state index in [1.807, 2.05) is 44.4 Å². The molecule has 0 aromatic carbocycles. The zero-order valence-electron chi connectivity index (χ0n) is 16.4. The molecular weight excluding hydrogens is 364 g/mol. The largest absolute Gasteiger partial charge is 0.335 e. The van der Waals surface area contributed by atoms with Crippen molar-refractivity contribution in [2.45, 2.75) is 47.1 Å². The van der Waals surface area contributed by atoms with Crippen LogP contribution in [0.25, 0.3) is 0 Å². The second kappa shape index (κ2) is 7.75. The molecule has 0 aliphatic carbocycles. The molecule has 1 fully saturated rings. The summed E-state index contributed by atoms with van der Waals surface area (Å²) in [4.78, 5) is 39.0. The number of hydrogen-bond acceptors (Lipinski definition) is 6. The second-order valence-corrected chi connectivity index (χ2v) is 8.44. The topological polar surface area (TPSA) is 95.1 Å². The van der Waals surface area contributed by atoms with E-state index in [1.165, 1.54) is 11.3 Å². The maximum absolute atomic E-state index is 13.1. The lowest BCUT2D eigenvalue weighted by molar-refractivity contribution is -0.137. The highest BCUT2D eigenvalue weighted by molar-refractivity contribution is 7.13. The summed E-state index contributed by atoms with van der Waals surface area (Å²) in [5.41, 5.74) is 0.757. The predicted molar refractivity (Wildman–Crippen MR) is 103 cm³/mol. The first-order valence-corrected chi connectivity index (χ1v) is 10.0. The number of aromatic nitrogens is 4. The fraction of sp³-hybridized carbons (Fsp3) is 0.611. The Morgan fingerprint density at radius 2 is 1.93 bits per heavy atom. The molecule has 2 amide bonds. The fourth-order valence-electron chi connectivity index (χ4n) is 3.37. The molecular formula is C18H26N6O2S. The van der Waals surface area contributed by atoms with Crippen molar-refractivity contribution in [2.24, 2.45) is 5.92 Å². The van der Waals surface area contributed by atoms with Crippen LogP contribution in [0.15, 0.2) is 0 Å². The van der Waals surface area contributed by atoms with Gasteiger partial charge < -0.3 is 9.80 Å². The van der Waals surface area contributed by atoms with Crippen LogP contribution in [0.3, 0.4) is 0 Å². The van der Waals surface area contributed by atoms with Gasteiger partial charge in [-0.1, -0.05) is 13.8 Å². The second-order valence-electron chi connectivity index (χ2n) is 7.23. The molecule has 2 aromatic rings. The van der Waals surface area contributed by atoms with Gasteiger partial charge in [-0.05, 0) is 27.2 Å². The number of nitrogens with one attached hydrogen (secondary N) is 1. The molecule has 3 heterocycles. The molecule has 2 aromatic heterocycles. The monoisotopic (exact) mass is 390 g/mol. The van der Waals surface area contributed by atoms with Crippen LogP contribution < -0.4 is 0 Å². The van der Waals surface area contributed by atoms with E-state index >= 15 is 0 Å². The number of amides is 2. The summed E-state index contributed by atoms with van der Waals surface area (Å²) in [6, 6.07) is -0.356. The summed E-state index contributed by atoms with van der Waals surface area (Å²) < 4.78 is 0. The van der Waals surface area contributed by atoms with Gasteiger partial charge in [-0.25, -0.2) is 9.97 Å². The van der Waals surface area contributed by atoms with Gasteiger partial charge in [0.05, 0.1) is 10.7 Å². The zero-order chi connectivity index (χ0) is 19.7. The van der Waals surface area contributed by atoms with Crippen molar-refractivity contribution >= 4 is 23.2 Å². The average Bonchev–Trinajstić information content (AvgIpc) is 3.10. The third kappa shape index (κ3) is 4.02. The molecule has 0 spiro atoms. The average molecular weight is 391 g/mol. The normalized spacial score (nSPS) is 18.1. The van der Waals surface area contributed by atoms with E-state index in [1.54, 1.807) is 0 Å². The first-order valence-electron chi connectivity index (χ1n) is 9.20. The number of nitrogens with zero attached hydrogens (tertiary/aromatic N) is 5. The number of H-pyrrole nitrogens is 1. The van der Waals surface area contributed by atoms with Crippen molar-refractivity contribution in [3.05, 3.63) is 27.2 Å². The van der Waals surface area contributed by atoms with Crippen molar-refractivity contribution in [1.29, 1.82) is 0 Å². The first-order chi connectivity index (χ1) is 12.8. The van der Waals surface area contributed by atoms with Crippen LogP contribution in [-0.4, -0.2) is 61.4 Å². The quantitative estimate of drug-likeness (QED) is 0.867. The lowest BCUT2D eigenvalue weighted by Gasteiger charge is -2.31. The van der Waals surface area contributed by atoms with Crippen molar-refractivity contribution < 1.29 is 9.59 Å². The Morgan fingerprint density at radius 1 is 1.19 bits per heavy atom. The summed E-state index contributed by atoms with van der Waals surface area (Å²) in [7, 11) is 0. The molecule has 1 aliphatic heterocycles. The highest BCUT2D eigenvalue weighted by Gasteiger charge is 2.35. The van der Waals surface area contributed by atoms with Gasteiger partial charge in [0.15, 0.2) is 5.82 Å². The SMILES string of the molecule is Cc1nc(C2CN(C(=O)c3sc(C)nc3C)CCCN2C(=O)C(C)C)n[nH]1. The molecule has 1 N–H and O–H groups in total. The Morgan fingerprint density at radius 3 is 2.48 bits per heavy atom. The van der Waals surface area contributed by atoms with Gasteiger partial charge >= 0.3 is 0 Å². The molecule has 9 heteroatoms. The molecule has 3 rings (SSSR count). The zero-order valence-corrected chi connectivity index (χ0v) is 17.3. The molecule has 1 saturated heterocycles. The van der Waals surface area contributed by atoms with Gasteiger partial charge in [-0.2, -0.15) is 5.10 Å². The molecule has 146 valence electrons. The van der Waals surface area contributed by atoms with E-state index in [4.69, 9.17) is 0 Å². The van der Waals surface area contributed by atoms with Crippen LogP contribution in [-0.2, 0) is 4.79 Å². The molecule has 1 aliphatic rings. The smallest absolute Gasteiger partial charge is 0.265 e. The highest BCUT2D eigenvalue weighted by Crippen LogP contribution is 2.27. The lowest BCUT2D eigenvalue weighted by atomic mass is 10.1. The van der Waals surface area contributed by atoms with Gasteiger partial charge in [-0.15, -0.1) is 11.3 Å². The van der Waals surface area contributed by atoms with E-state index < -0.39 is 0 Å². The Balaban J connectivity index is 1.92. The number of carbonyl (C=O) groups is 2. The Bertz CT molecular complexity index is 843. The van der Waals surface area contributed by atoms with Crippen LogP contribution in [0.1, 0.15) is 58.3 Å². The van der Waals surface area contributed by atoms with E-state index in [2.05, 4.69) is 20.2 Å². The summed E-state index contributed by atoms with van der Waals surface area (Å²) in [5.74, 6) is 1.15. The summed E-state index contributed by atoms with van der Waals surface area (Å²) in [6.07, 6.45) is 0.723. The van der Waals surface area contributed by atoms with E-state index in [0.717, 1.165) is 17.1 Å².